The molecule has 11 nitrogen and oxygen atoms in total. The molecule has 0 saturated carbocycles. The number of nitrogens with one attached hydrogen (secondary N) is 1. The Hall–Kier alpha value is -1.84. The molecule has 1 heterocycles. The summed E-state index contributed by atoms with van der Waals surface area (Å²) in [6, 6.07) is 12.0. The van der Waals surface area contributed by atoms with Gasteiger partial charge in [-0.25, -0.2) is 0 Å². The van der Waals surface area contributed by atoms with Crippen molar-refractivity contribution in [1.82, 2.24) is 4.98 Å². The van der Waals surface area contributed by atoms with Crippen LogP contribution in [-0.2, 0) is 106 Å². The Kier molecular flexibility index (Phi) is 319. The van der Waals surface area contributed by atoms with E-state index in [2.05, 4.69) is 77.6 Å². The van der Waals surface area contributed by atoms with Gasteiger partial charge in [0.25, 0.3) is 0 Å². The first kappa shape index (κ1) is 76.8. The molecule has 34 heavy (non-hydrogen) atoms. The van der Waals surface area contributed by atoms with Gasteiger partial charge in [-0.15, -0.1) is 0 Å². The molecule has 0 fully saturated rings. The van der Waals surface area contributed by atoms with Gasteiger partial charge < -0.3 is 4.98 Å². The Morgan fingerprint density at radius 1 is 0.441 bits per heavy atom. The molecule has 178 valence electrons. The van der Waals surface area contributed by atoms with Crippen LogP contribution in [0.2, 0.25) is 0 Å². The molecular formula is C19H7NO10Os3S. The molecule has 1 aromatic heterocycles. The Balaban J connectivity index is -0.0000000184. The molecule has 0 aliphatic carbocycles. The van der Waals surface area contributed by atoms with E-state index in [-0.39, 0.29) is 59.4 Å². The second-order valence-electron chi connectivity index (χ2n) is 2.41. The number of fused-ring (bicyclic) bond motifs is 1. The van der Waals surface area contributed by atoms with Crippen molar-refractivity contribution in [2.45, 2.75) is 0 Å². The van der Waals surface area contributed by atoms with Gasteiger partial charge >= 0.3 is 113 Å². The van der Waals surface area contributed by atoms with E-state index in [0.29, 0.717) is 0 Å². The van der Waals surface area contributed by atoms with Crippen molar-refractivity contribution in [3.8, 4) is 0 Å². The summed E-state index contributed by atoms with van der Waals surface area (Å²) in [5.74, 6) is 0. The topological polar surface area (TPSA) is 215 Å². The van der Waals surface area contributed by atoms with Crippen LogP contribution in [0, 0.1) is 71.1 Å². The van der Waals surface area contributed by atoms with Gasteiger partial charge in [0.15, 0.2) is 0 Å². The van der Waals surface area contributed by atoms with Crippen LogP contribution in [0.3, 0.4) is 0 Å². The number of pyridine rings is 1. The quantitative estimate of drug-likeness (QED) is 0.235. The first-order valence-electron chi connectivity index (χ1n) is 5.48. The van der Waals surface area contributed by atoms with Gasteiger partial charge in [0, 0.05) is 64.9 Å². The third kappa shape index (κ3) is 77.8. The van der Waals surface area contributed by atoms with E-state index in [9.17, 15) is 0 Å². The van der Waals surface area contributed by atoms with Crippen LogP contribution < -0.4 is 0 Å². The first-order chi connectivity index (χ1) is 15.4. The molecule has 0 saturated heterocycles. The molecular weight excluding hydrogens is 1000 g/mol. The zero-order valence-corrected chi connectivity index (χ0v) is 24.5. The van der Waals surface area contributed by atoms with E-state index >= 15 is 0 Å². The summed E-state index contributed by atoms with van der Waals surface area (Å²) in [5, 5.41) is 1.20. The van der Waals surface area contributed by atoms with Crippen LogP contribution in [0.15, 0.2) is 36.4 Å². The number of benzene rings is 1. The van der Waals surface area contributed by atoms with E-state index in [0.717, 1.165) is 10.2 Å². The van der Waals surface area contributed by atoms with Crippen molar-refractivity contribution in [2.24, 2.45) is 0 Å². The Morgan fingerprint density at radius 2 is 0.706 bits per heavy atom. The molecule has 2 aromatic rings. The van der Waals surface area contributed by atoms with Gasteiger partial charge in [-0.3, -0.25) is 0 Å². The van der Waals surface area contributed by atoms with Gasteiger partial charge in [0.05, 0.1) is 0 Å². The summed E-state index contributed by atoms with van der Waals surface area (Å²) >= 11 is 4.98. The third-order valence-corrected chi connectivity index (χ3v) is 1.87. The maximum absolute atomic E-state index is 7.50. The largest absolute Gasteiger partial charge is 0 e. The van der Waals surface area contributed by atoms with E-state index in [1.165, 1.54) is 5.39 Å². The number of rotatable bonds is 0. The second kappa shape index (κ2) is 141. The average Bonchev–Trinajstić information content (AvgIpc) is 2.95. The van der Waals surface area contributed by atoms with Gasteiger partial charge in [-0.05, 0) is 23.6 Å². The summed E-state index contributed by atoms with van der Waals surface area (Å²) < 4.78 is 75.8. The predicted molar refractivity (Wildman–Crippen MR) is 88.4 cm³/mol. The monoisotopic (exact) mass is 1020 g/mol. The minimum atomic E-state index is 0. The standard InChI is InChI=1S/C9H7NS.10CO.3Os/c11-9-6-5-7-3-1-2-4-8(7)10-9;10*1-2;;;/h1-6H,(H,10,11);;;;;;;;;;;;;. The van der Waals surface area contributed by atoms with Crippen molar-refractivity contribution < 1.29 is 106 Å². The van der Waals surface area contributed by atoms with Crippen LogP contribution in [0.1, 0.15) is 0 Å². The SMILES string of the molecule is S=c1ccc2ccccc2[nH]1.[C-]#[O+].[C-]#[O+].[C-]#[O+].[C-]#[O+].[C-]#[O+].[C-]#[O+].[C-]#[O+].[C-]#[O+].[C-]#[O+].[C-]#[O+].[Os].[Os].[Os]. The fourth-order valence-corrected chi connectivity index (χ4v) is 1.27. The number of para-hydroxylation sites is 1. The number of aromatic nitrogens is 1. The summed E-state index contributed by atoms with van der Waals surface area (Å²) in [4.78, 5) is 3.10. The van der Waals surface area contributed by atoms with Gasteiger partial charge in [-0.1, -0.05) is 30.4 Å². The fourth-order valence-electron chi connectivity index (χ4n) is 1.10. The van der Waals surface area contributed by atoms with Crippen LogP contribution in [0.5, 0.6) is 0 Å². The zero-order chi connectivity index (χ0) is 27.7. The molecule has 1 N–H and O–H groups in total. The Morgan fingerprint density at radius 3 is 1.00 bits per heavy atom. The number of aromatic amines is 1. The molecule has 0 atom stereocenters. The maximum Gasteiger partial charge on any atom is 0 e. The van der Waals surface area contributed by atoms with Crippen LogP contribution >= 0.6 is 12.2 Å². The molecule has 1 aromatic carbocycles. The van der Waals surface area contributed by atoms with Gasteiger partial charge in [0.2, 0.25) is 0 Å². The molecule has 0 spiro atoms. The summed E-state index contributed by atoms with van der Waals surface area (Å²) in [5.41, 5.74) is 1.10. The fraction of sp³-hybridized carbons (Fsp3) is 0. The van der Waals surface area contributed by atoms with E-state index < -0.39 is 0 Å². The molecule has 0 aliphatic heterocycles. The molecule has 0 radical (unpaired) electrons. The number of hydrogen-bond donors (Lipinski definition) is 1. The van der Waals surface area contributed by atoms with Crippen LogP contribution in [0.25, 0.3) is 10.9 Å². The summed E-state index contributed by atoms with van der Waals surface area (Å²) in [6.45, 7) is 45.0. The second-order valence-corrected chi connectivity index (χ2v) is 2.85. The zero-order valence-electron chi connectivity index (χ0n) is 16.0. The first-order valence-corrected chi connectivity index (χ1v) is 5.89. The van der Waals surface area contributed by atoms with E-state index in [1.54, 1.807) is 0 Å². The van der Waals surface area contributed by atoms with Gasteiger partial charge in [-0.2, -0.15) is 0 Å². The average molecular weight is 1010 g/mol. The van der Waals surface area contributed by atoms with Gasteiger partial charge in [0.1, 0.15) is 4.64 Å². The molecule has 2 rings (SSSR count). The number of hydrogen-bond acceptors (Lipinski definition) is 1. The Labute approximate surface area is 240 Å². The molecule has 0 aliphatic rings. The van der Waals surface area contributed by atoms with Crippen LogP contribution in [-0.4, -0.2) is 4.98 Å². The van der Waals surface area contributed by atoms with Crippen molar-refractivity contribution in [3.63, 3.8) is 0 Å². The Bertz CT molecular complexity index is 765. The maximum atomic E-state index is 7.50. The summed E-state index contributed by atoms with van der Waals surface area (Å²) in [7, 11) is 0. The molecule has 0 amide bonds. The van der Waals surface area contributed by atoms with Crippen molar-refractivity contribution in [2.75, 3.05) is 0 Å². The van der Waals surface area contributed by atoms with Crippen molar-refractivity contribution in [3.05, 3.63) is 108 Å². The molecule has 0 bridgehead atoms. The molecule has 0 unspecified atom stereocenters. The minimum absolute atomic E-state index is 0. The third-order valence-electron chi connectivity index (χ3n) is 1.63. The normalized spacial score (nSPS) is 3.88. The van der Waals surface area contributed by atoms with Crippen molar-refractivity contribution in [1.29, 1.82) is 0 Å². The minimum Gasteiger partial charge on any atom is 0 e. The molecule has 15 heteroatoms. The van der Waals surface area contributed by atoms with E-state index in [1.807, 2.05) is 30.3 Å². The summed E-state index contributed by atoms with van der Waals surface area (Å²) in [6.07, 6.45) is 0. The smallest absolute Gasteiger partial charge is 0 e. The number of H-pyrrole nitrogens is 1. The van der Waals surface area contributed by atoms with E-state index in [4.69, 9.17) is 58.7 Å². The predicted octanol–water partition coefficient (Wildman–Crippen LogP) is 2.51. The van der Waals surface area contributed by atoms with Crippen molar-refractivity contribution >= 4 is 23.1 Å². The van der Waals surface area contributed by atoms with Crippen LogP contribution in [0.4, 0.5) is 0 Å².